The summed E-state index contributed by atoms with van der Waals surface area (Å²) in [5.74, 6) is 0. The summed E-state index contributed by atoms with van der Waals surface area (Å²) < 4.78 is 5.40. The minimum Gasteiger partial charge on any atom is -0.394 e. The van der Waals surface area contributed by atoms with Crippen LogP contribution in [0.4, 0.5) is 0 Å². The van der Waals surface area contributed by atoms with Gasteiger partial charge in [-0.15, -0.1) is 0 Å². The Bertz CT molecular complexity index is 163. The minimum atomic E-state index is -0.173. The zero-order valence-electron chi connectivity index (χ0n) is 8.92. The molecule has 0 aliphatic carbocycles. The maximum Gasteiger partial charge on any atom is 0.0670 e. The topological polar surface area (TPSA) is 32.7 Å². The monoisotopic (exact) mass is 187 g/mol. The van der Waals surface area contributed by atoms with E-state index in [0.29, 0.717) is 12.6 Å². The van der Waals surface area contributed by atoms with E-state index in [1.165, 1.54) is 0 Å². The van der Waals surface area contributed by atoms with Crippen LogP contribution in [0.5, 0.6) is 0 Å². The van der Waals surface area contributed by atoms with Crippen LogP contribution in [0, 0.1) is 0 Å². The summed E-state index contributed by atoms with van der Waals surface area (Å²) in [5, 5.41) is 9.34. The van der Waals surface area contributed by atoms with Gasteiger partial charge in [0.25, 0.3) is 0 Å². The van der Waals surface area contributed by atoms with Crippen LogP contribution in [-0.4, -0.2) is 48.0 Å². The summed E-state index contributed by atoms with van der Waals surface area (Å²) in [6, 6.07) is 0.529. The van der Waals surface area contributed by atoms with Crippen molar-refractivity contribution in [1.29, 1.82) is 0 Å². The SMILES string of the molecule is CCC(C)N1CCOCC1(C)CO. The molecular weight excluding hydrogens is 166 g/mol. The van der Waals surface area contributed by atoms with Gasteiger partial charge in [0.1, 0.15) is 0 Å². The van der Waals surface area contributed by atoms with Gasteiger partial charge in [0.05, 0.1) is 25.4 Å². The highest BCUT2D eigenvalue weighted by molar-refractivity contribution is 4.90. The number of hydrogen-bond acceptors (Lipinski definition) is 3. The molecule has 0 aromatic rings. The van der Waals surface area contributed by atoms with Crippen molar-refractivity contribution in [2.45, 2.75) is 38.8 Å². The van der Waals surface area contributed by atoms with Gasteiger partial charge in [0, 0.05) is 12.6 Å². The molecule has 2 unspecified atom stereocenters. The molecule has 1 aliphatic rings. The second-order valence-electron chi connectivity index (χ2n) is 4.16. The minimum absolute atomic E-state index is 0.173. The predicted octanol–water partition coefficient (Wildman–Crippen LogP) is 0.868. The lowest BCUT2D eigenvalue weighted by Gasteiger charge is -2.46. The summed E-state index contributed by atoms with van der Waals surface area (Å²) in [6.07, 6.45) is 1.12. The van der Waals surface area contributed by atoms with Gasteiger partial charge >= 0.3 is 0 Å². The maximum atomic E-state index is 9.34. The van der Waals surface area contributed by atoms with E-state index in [4.69, 9.17) is 4.74 Å². The first-order valence-corrected chi connectivity index (χ1v) is 5.09. The first kappa shape index (κ1) is 11.0. The highest BCUT2D eigenvalue weighted by Gasteiger charge is 2.36. The highest BCUT2D eigenvalue weighted by atomic mass is 16.5. The fourth-order valence-electron chi connectivity index (χ4n) is 1.92. The Morgan fingerprint density at radius 3 is 2.85 bits per heavy atom. The highest BCUT2D eigenvalue weighted by Crippen LogP contribution is 2.22. The van der Waals surface area contributed by atoms with Gasteiger partial charge in [0.15, 0.2) is 0 Å². The zero-order valence-corrected chi connectivity index (χ0v) is 8.92. The van der Waals surface area contributed by atoms with Crippen molar-refractivity contribution < 1.29 is 9.84 Å². The molecule has 1 rings (SSSR count). The van der Waals surface area contributed by atoms with Crippen molar-refractivity contribution in [3.05, 3.63) is 0 Å². The largest absolute Gasteiger partial charge is 0.394 e. The standard InChI is InChI=1S/C10H21NO2/c1-4-9(2)11-5-6-13-8-10(11,3)7-12/h9,12H,4-8H2,1-3H3. The van der Waals surface area contributed by atoms with Gasteiger partial charge in [-0.1, -0.05) is 6.92 Å². The van der Waals surface area contributed by atoms with Crippen molar-refractivity contribution in [1.82, 2.24) is 4.90 Å². The Morgan fingerprint density at radius 1 is 1.62 bits per heavy atom. The maximum absolute atomic E-state index is 9.34. The second kappa shape index (κ2) is 4.40. The lowest BCUT2D eigenvalue weighted by molar-refractivity contribution is -0.0985. The van der Waals surface area contributed by atoms with E-state index in [-0.39, 0.29) is 12.1 Å². The van der Waals surface area contributed by atoms with Crippen LogP contribution in [0.3, 0.4) is 0 Å². The fraction of sp³-hybridized carbons (Fsp3) is 1.00. The first-order valence-electron chi connectivity index (χ1n) is 5.09. The van der Waals surface area contributed by atoms with E-state index in [2.05, 4.69) is 25.7 Å². The normalized spacial score (nSPS) is 33.2. The summed E-state index contributed by atoms with van der Waals surface area (Å²) in [5.41, 5.74) is -0.173. The molecule has 1 heterocycles. The molecule has 13 heavy (non-hydrogen) atoms. The average Bonchev–Trinajstić information content (AvgIpc) is 2.17. The molecule has 0 bridgehead atoms. The van der Waals surface area contributed by atoms with Crippen molar-refractivity contribution in [3.63, 3.8) is 0 Å². The molecule has 0 radical (unpaired) electrons. The van der Waals surface area contributed by atoms with Gasteiger partial charge in [-0.3, -0.25) is 4.90 Å². The molecule has 3 nitrogen and oxygen atoms in total. The molecule has 2 atom stereocenters. The molecular formula is C10H21NO2. The zero-order chi connectivity index (χ0) is 9.90. The summed E-state index contributed by atoms with van der Waals surface area (Å²) >= 11 is 0. The molecule has 1 N–H and O–H groups in total. The van der Waals surface area contributed by atoms with E-state index < -0.39 is 0 Å². The number of rotatable bonds is 3. The van der Waals surface area contributed by atoms with Crippen LogP contribution < -0.4 is 0 Å². The Morgan fingerprint density at radius 2 is 2.31 bits per heavy atom. The van der Waals surface area contributed by atoms with Crippen LogP contribution >= 0.6 is 0 Å². The van der Waals surface area contributed by atoms with Crippen LogP contribution in [0.2, 0.25) is 0 Å². The lowest BCUT2D eigenvalue weighted by atomic mass is 9.97. The van der Waals surface area contributed by atoms with E-state index in [1.807, 2.05) is 0 Å². The third-order valence-corrected chi connectivity index (χ3v) is 3.05. The molecule has 78 valence electrons. The number of morpholine rings is 1. The molecule has 1 aliphatic heterocycles. The van der Waals surface area contributed by atoms with Gasteiger partial charge < -0.3 is 9.84 Å². The Hall–Kier alpha value is -0.120. The summed E-state index contributed by atoms with van der Waals surface area (Å²) in [6.45, 7) is 9.01. The van der Waals surface area contributed by atoms with Crippen molar-refractivity contribution in [2.75, 3.05) is 26.4 Å². The summed E-state index contributed by atoms with van der Waals surface area (Å²) in [4.78, 5) is 2.36. The predicted molar refractivity (Wildman–Crippen MR) is 52.8 cm³/mol. The van der Waals surface area contributed by atoms with Crippen molar-refractivity contribution in [3.8, 4) is 0 Å². The van der Waals surface area contributed by atoms with E-state index in [1.54, 1.807) is 0 Å². The molecule has 0 spiro atoms. The van der Waals surface area contributed by atoms with Crippen LogP contribution in [0.25, 0.3) is 0 Å². The second-order valence-corrected chi connectivity index (χ2v) is 4.16. The van der Waals surface area contributed by atoms with Gasteiger partial charge in [-0.05, 0) is 20.3 Å². The van der Waals surface area contributed by atoms with Gasteiger partial charge in [-0.25, -0.2) is 0 Å². The Labute approximate surface area is 80.7 Å². The van der Waals surface area contributed by atoms with Gasteiger partial charge in [0.2, 0.25) is 0 Å². The van der Waals surface area contributed by atoms with E-state index >= 15 is 0 Å². The van der Waals surface area contributed by atoms with Crippen LogP contribution in [-0.2, 0) is 4.74 Å². The van der Waals surface area contributed by atoms with Crippen LogP contribution in [0.1, 0.15) is 27.2 Å². The van der Waals surface area contributed by atoms with Crippen molar-refractivity contribution >= 4 is 0 Å². The Kier molecular flexibility index (Phi) is 3.71. The average molecular weight is 187 g/mol. The molecule has 1 saturated heterocycles. The first-order chi connectivity index (χ1) is 6.14. The van der Waals surface area contributed by atoms with E-state index in [0.717, 1.165) is 19.6 Å². The molecule has 0 aromatic carbocycles. The third kappa shape index (κ3) is 2.22. The molecule has 3 heteroatoms. The number of aliphatic hydroxyl groups excluding tert-OH is 1. The molecule has 0 amide bonds. The quantitative estimate of drug-likeness (QED) is 0.711. The number of aliphatic hydroxyl groups is 1. The molecule has 0 aromatic heterocycles. The number of nitrogens with zero attached hydrogens (tertiary/aromatic N) is 1. The van der Waals surface area contributed by atoms with Crippen LogP contribution in [0.15, 0.2) is 0 Å². The smallest absolute Gasteiger partial charge is 0.0670 e. The Balaban J connectivity index is 2.67. The van der Waals surface area contributed by atoms with E-state index in [9.17, 15) is 5.11 Å². The number of ether oxygens (including phenoxy) is 1. The van der Waals surface area contributed by atoms with Gasteiger partial charge in [-0.2, -0.15) is 0 Å². The molecule has 1 fully saturated rings. The fourth-order valence-corrected chi connectivity index (χ4v) is 1.92. The number of hydrogen-bond donors (Lipinski definition) is 1. The summed E-state index contributed by atoms with van der Waals surface area (Å²) in [7, 11) is 0. The molecule has 0 saturated carbocycles. The van der Waals surface area contributed by atoms with Crippen molar-refractivity contribution in [2.24, 2.45) is 0 Å². The lowest BCUT2D eigenvalue weighted by Crippen LogP contribution is -2.60. The third-order valence-electron chi connectivity index (χ3n) is 3.05.